The Hall–Kier alpha value is -1.35. The van der Waals surface area contributed by atoms with Crippen molar-refractivity contribution in [2.75, 3.05) is 0 Å². The van der Waals surface area contributed by atoms with Gasteiger partial charge in [0, 0.05) is 23.9 Å². The van der Waals surface area contributed by atoms with Gasteiger partial charge in [0.15, 0.2) is 0 Å². The van der Waals surface area contributed by atoms with Gasteiger partial charge in [0.25, 0.3) is 0 Å². The van der Waals surface area contributed by atoms with Crippen molar-refractivity contribution < 1.29 is 0 Å². The summed E-state index contributed by atoms with van der Waals surface area (Å²) in [4.78, 5) is 7.90. The van der Waals surface area contributed by atoms with E-state index in [0.29, 0.717) is 12.0 Å². The summed E-state index contributed by atoms with van der Waals surface area (Å²) in [5, 5.41) is 3.45. The van der Waals surface area contributed by atoms with Gasteiger partial charge in [-0.2, -0.15) is 0 Å². The van der Waals surface area contributed by atoms with Gasteiger partial charge in [0.1, 0.15) is 5.82 Å². The molecule has 1 unspecified atom stereocenters. The van der Waals surface area contributed by atoms with Gasteiger partial charge in [0.05, 0.1) is 6.04 Å². The van der Waals surface area contributed by atoms with Crippen LogP contribution in [0.3, 0.4) is 0 Å². The predicted molar refractivity (Wildman–Crippen MR) is 70.9 cm³/mol. The topological polar surface area (TPSA) is 40.7 Å². The second kappa shape index (κ2) is 5.32. The summed E-state index contributed by atoms with van der Waals surface area (Å²) in [5.74, 6) is 1.48. The third-order valence-corrected chi connectivity index (χ3v) is 2.99. The van der Waals surface area contributed by atoms with E-state index in [1.54, 1.807) is 0 Å². The van der Waals surface area contributed by atoms with Gasteiger partial charge in [-0.05, 0) is 13.3 Å². The Labute approximate surface area is 103 Å². The third-order valence-electron chi connectivity index (χ3n) is 2.99. The number of aromatic nitrogens is 2. The number of nitrogens with one attached hydrogen (secondary N) is 2. The molecule has 0 bridgehead atoms. The molecule has 3 nitrogen and oxygen atoms in total. The minimum atomic E-state index is 0.270. The van der Waals surface area contributed by atoms with E-state index in [4.69, 9.17) is 0 Å². The minimum absolute atomic E-state index is 0.270. The maximum Gasteiger partial charge on any atom is 0.123 e. The van der Waals surface area contributed by atoms with E-state index < -0.39 is 0 Å². The van der Waals surface area contributed by atoms with Crippen LogP contribution >= 0.6 is 0 Å². The van der Waals surface area contributed by atoms with Crippen LogP contribution in [0, 0.1) is 0 Å². The molecular weight excluding hydrogens is 210 g/mol. The zero-order valence-corrected chi connectivity index (χ0v) is 10.8. The molecule has 2 N–H and O–H groups in total. The molecule has 3 heteroatoms. The molecule has 0 spiro atoms. The first-order chi connectivity index (χ1) is 8.16. The largest absolute Gasteiger partial charge is 0.344 e. The number of H-pyrrole nitrogens is 1. The Kier molecular flexibility index (Phi) is 3.79. The third kappa shape index (κ3) is 3.07. The lowest BCUT2D eigenvalue weighted by molar-refractivity contribution is 0.489. The van der Waals surface area contributed by atoms with Crippen LogP contribution in [-0.4, -0.2) is 16.0 Å². The Morgan fingerprint density at radius 2 is 2.18 bits per heavy atom. The summed E-state index contributed by atoms with van der Waals surface area (Å²) in [5.41, 5.74) is 1.21. The molecule has 0 radical (unpaired) electrons. The van der Waals surface area contributed by atoms with E-state index in [9.17, 15) is 0 Å². The molecule has 1 aliphatic carbocycles. The van der Waals surface area contributed by atoms with Crippen LogP contribution in [0.2, 0.25) is 0 Å². The first-order valence-corrected chi connectivity index (χ1v) is 6.31. The number of rotatable bonds is 4. The lowest BCUT2D eigenvalue weighted by Gasteiger charge is -2.15. The number of aromatic amines is 1. The number of imidazole rings is 1. The van der Waals surface area contributed by atoms with Gasteiger partial charge in [0.2, 0.25) is 0 Å². The van der Waals surface area contributed by atoms with E-state index in [0.717, 1.165) is 12.2 Å². The SMILES string of the molecule is CC(C)N[C@@H](C)c1ncc(C2C=CC=CC2)[nH]1. The highest BCUT2D eigenvalue weighted by molar-refractivity contribution is 5.23. The maximum atomic E-state index is 4.47. The van der Waals surface area contributed by atoms with Crippen molar-refractivity contribution in [3.8, 4) is 0 Å². The van der Waals surface area contributed by atoms with Gasteiger partial charge in [-0.1, -0.05) is 38.2 Å². The summed E-state index contributed by atoms with van der Waals surface area (Å²) in [6.45, 7) is 6.43. The summed E-state index contributed by atoms with van der Waals surface area (Å²) < 4.78 is 0. The standard InChI is InChI=1S/C14H21N3/c1-10(2)16-11(3)14-15-9-13(17-14)12-7-5-4-6-8-12/h4-7,9-12,16H,8H2,1-3H3,(H,15,17)/t11-,12?/m0/s1. The molecule has 1 aromatic rings. The van der Waals surface area contributed by atoms with Crippen molar-refractivity contribution in [1.29, 1.82) is 0 Å². The smallest absolute Gasteiger partial charge is 0.123 e. The summed E-state index contributed by atoms with van der Waals surface area (Å²) in [6.07, 6.45) is 11.6. The molecule has 0 aromatic carbocycles. The highest BCUT2D eigenvalue weighted by Crippen LogP contribution is 2.23. The van der Waals surface area contributed by atoms with E-state index in [2.05, 4.69) is 60.4 Å². The second-order valence-corrected chi connectivity index (χ2v) is 4.92. The zero-order valence-electron chi connectivity index (χ0n) is 10.8. The monoisotopic (exact) mass is 231 g/mol. The van der Waals surface area contributed by atoms with Crippen molar-refractivity contribution >= 4 is 0 Å². The zero-order chi connectivity index (χ0) is 12.3. The molecule has 2 atom stereocenters. The first kappa shape index (κ1) is 12.1. The van der Waals surface area contributed by atoms with Gasteiger partial charge < -0.3 is 10.3 Å². The fourth-order valence-corrected chi connectivity index (χ4v) is 2.15. The van der Waals surface area contributed by atoms with Crippen LogP contribution in [0.25, 0.3) is 0 Å². The van der Waals surface area contributed by atoms with Crippen LogP contribution in [-0.2, 0) is 0 Å². The Morgan fingerprint density at radius 1 is 1.35 bits per heavy atom. The Morgan fingerprint density at radius 3 is 2.82 bits per heavy atom. The highest BCUT2D eigenvalue weighted by Gasteiger charge is 2.14. The molecule has 0 saturated heterocycles. The molecule has 0 amide bonds. The lowest BCUT2D eigenvalue weighted by atomic mass is 9.98. The van der Waals surface area contributed by atoms with E-state index in [-0.39, 0.29) is 6.04 Å². The predicted octanol–water partition coefficient (Wildman–Crippen LogP) is 3.07. The van der Waals surface area contributed by atoms with Crippen molar-refractivity contribution in [3.05, 3.63) is 42.0 Å². The number of hydrogen-bond donors (Lipinski definition) is 2. The van der Waals surface area contributed by atoms with E-state index >= 15 is 0 Å². The molecule has 1 aliphatic rings. The summed E-state index contributed by atoms with van der Waals surface area (Å²) >= 11 is 0. The Balaban J connectivity index is 2.05. The van der Waals surface area contributed by atoms with Crippen molar-refractivity contribution in [1.82, 2.24) is 15.3 Å². The average molecular weight is 231 g/mol. The van der Waals surface area contributed by atoms with Gasteiger partial charge in [-0.3, -0.25) is 0 Å². The first-order valence-electron chi connectivity index (χ1n) is 6.31. The van der Waals surface area contributed by atoms with Gasteiger partial charge in [-0.25, -0.2) is 4.98 Å². The Bertz CT molecular complexity index is 415. The maximum absolute atomic E-state index is 4.47. The van der Waals surface area contributed by atoms with Crippen LogP contribution in [0.5, 0.6) is 0 Å². The van der Waals surface area contributed by atoms with Crippen LogP contribution < -0.4 is 5.32 Å². The molecule has 0 fully saturated rings. The number of nitrogens with zero attached hydrogens (tertiary/aromatic N) is 1. The van der Waals surface area contributed by atoms with Crippen LogP contribution in [0.15, 0.2) is 30.5 Å². The molecule has 92 valence electrons. The molecule has 1 heterocycles. The van der Waals surface area contributed by atoms with Crippen molar-refractivity contribution in [3.63, 3.8) is 0 Å². The molecule has 1 aromatic heterocycles. The van der Waals surface area contributed by atoms with Crippen molar-refractivity contribution in [2.45, 2.75) is 45.2 Å². The fraction of sp³-hybridized carbons (Fsp3) is 0.500. The number of allylic oxidation sites excluding steroid dienone is 4. The summed E-state index contributed by atoms with van der Waals surface area (Å²) in [7, 11) is 0. The second-order valence-electron chi connectivity index (χ2n) is 4.92. The minimum Gasteiger partial charge on any atom is -0.344 e. The lowest BCUT2D eigenvalue weighted by Crippen LogP contribution is -2.26. The van der Waals surface area contributed by atoms with E-state index in [1.165, 1.54) is 5.69 Å². The van der Waals surface area contributed by atoms with E-state index in [1.807, 2.05) is 6.20 Å². The van der Waals surface area contributed by atoms with Gasteiger partial charge >= 0.3 is 0 Å². The molecule has 0 aliphatic heterocycles. The molecule has 0 saturated carbocycles. The molecular formula is C14H21N3. The number of hydrogen-bond acceptors (Lipinski definition) is 2. The van der Waals surface area contributed by atoms with Crippen LogP contribution in [0.4, 0.5) is 0 Å². The quantitative estimate of drug-likeness (QED) is 0.836. The highest BCUT2D eigenvalue weighted by atomic mass is 15.0. The molecule has 2 rings (SSSR count). The summed E-state index contributed by atoms with van der Waals surface area (Å²) in [6, 6.07) is 0.739. The normalized spacial score (nSPS) is 21.1. The van der Waals surface area contributed by atoms with Gasteiger partial charge in [-0.15, -0.1) is 0 Å². The molecule has 17 heavy (non-hydrogen) atoms. The average Bonchev–Trinajstić information content (AvgIpc) is 2.78. The van der Waals surface area contributed by atoms with Crippen molar-refractivity contribution in [2.24, 2.45) is 0 Å². The fourth-order valence-electron chi connectivity index (χ4n) is 2.15. The van der Waals surface area contributed by atoms with Crippen LogP contribution in [0.1, 0.15) is 50.7 Å².